The van der Waals surface area contributed by atoms with Crippen LogP contribution in [0.4, 0.5) is 0 Å². The molecule has 0 radical (unpaired) electrons. The maximum Gasteiger partial charge on any atom is 0.0910 e. The van der Waals surface area contributed by atoms with E-state index < -0.39 is 0 Å². The molecule has 0 aliphatic carbocycles. The van der Waals surface area contributed by atoms with E-state index in [1.165, 1.54) is 0 Å². The van der Waals surface area contributed by atoms with Gasteiger partial charge < -0.3 is 0 Å². The van der Waals surface area contributed by atoms with Crippen molar-refractivity contribution in [3.8, 4) is 0 Å². The zero-order valence-electron chi connectivity index (χ0n) is 6.65. The highest BCUT2D eigenvalue weighted by Gasteiger charge is 1.97. The van der Waals surface area contributed by atoms with Gasteiger partial charge in [0.15, 0.2) is 0 Å². The van der Waals surface area contributed by atoms with Crippen molar-refractivity contribution in [3.05, 3.63) is 12.2 Å². The third-order valence-corrected chi connectivity index (χ3v) is 6.09. The Balaban J connectivity index is 3.15. The predicted octanol–water partition coefficient (Wildman–Crippen LogP) is 2.24. The quantitative estimate of drug-likeness (QED) is 0.398. The van der Waals surface area contributed by atoms with Gasteiger partial charge in [0.25, 0.3) is 0 Å². The molecule has 0 aromatic carbocycles. The van der Waals surface area contributed by atoms with Gasteiger partial charge in [-0.2, -0.15) is 0 Å². The summed E-state index contributed by atoms with van der Waals surface area (Å²) in [6, 6.07) is 2.14. The number of halogens is 4. The first-order valence-corrected chi connectivity index (χ1v) is 9.22. The Morgan fingerprint density at radius 3 is 1.42 bits per heavy atom. The Labute approximate surface area is 98.2 Å². The first-order valence-electron chi connectivity index (χ1n) is 3.84. The molecule has 0 aromatic rings. The third kappa shape index (κ3) is 11.3. The molecule has 0 unspecified atom stereocenters. The molecule has 0 rings (SSSR count). The van der Waals surface area contributed by atoms with Gasteiger partial charge in [-0.05, 0) is 12.1 Å². The summed E-state index contributed by atoms with van der Waals surface area (Å²) in [7, 11) is -0.615. The average molecular weight is 282 g/mol. The summed E-state index contributed by atoms with van der Waals surface area (Å²) in [5, 5.41) is 0. The molecule has 0 bridgehead atoms. The Hall–Kier alpha value is 1.33. The second-order valence-corrected chi connectivity index (χ2v) is 11.0. The first-order chi connectivity index (χ1) is 5.63. The van der Waals surface area contributed by atoms with Crippen LogP contribution in [0, 0.1) is 0 Å². The normalized spacial score (nSPS) is 14.2. The standard InChI is InChI=1S/C6H12Cl4Si2/c7-5(8)11-3-1-2-4-12-6(9)10/h1-2,5-6H,3-4,11-12H2. The number of rotatable bonds is 6. The van der Waals surface area contributed by atoms with Crippen molar-refractivity contribution in [2.45, 2.75) is 21.0 Å². The summed E-state index contributed by atoms with van der Waals surface area (Å²) in [5.41, 5.74) is 0. The fraction of sp³-hybridized carbons (Fsp3) is 0.667. The summed E-state index contributed by atoms with van der Waals surface area (Å²) >= 11 is 22.4. The van der Waals surface area contributed by atoms with E-state index in [1.54, 1.807) is 0 Å². The van der Waals surface area contributed by atoms with Gasteiger partial charge in [-0.1, -0.05) is 12.2 Å². The van der Waals surface area contributed by atoms with Crippen molar-refractivity contribution in [2.75, 3.05) is 0 Å². The van der Waals surface area contributed by atoms with E-state index >= 15 is 0 Å². The van der Waals surface area contributed by atoms with Crippen LogP contribution in [0.15, 0.2) is 12.2 Å². The van der Waals surface area contributed by atoms with Crippen LogP contribution in [0.5, 0.6) is 0 Å². The summed E-state index contributed by atoms with van der Waals surface area (Å²) < 4.78 is -0.221. The second-order valence-electron chi connectivity index (χ2n) is 2.41. The van der Waals surface area contributed by atoms with E-state index in [1.807, 2.05) is 0 Å². The van der Waals surface area contributed by atoms with E-state index in [9.17, 15) is 0 Å². The van der Waals surface area contributed by atoms with Crippen LogP contribution in [0.25, 0.3) is 0 Å². The maximum absolute atomic E-state index is 5.60. The molecule has 0 aliphatic rings. The number of allylic oxidation sites excluding steroid dienone is 2. The van der Waals surface area contributed by atoms with E-state index in [2.05, 4.69) is 12.2 Å². The minimum absolute atomic E-state index is 0.110. The summed E-state index contributed by atoms with van der Waals surface area (Å²) in [4.78, 5) is 0. The van der Waals surface area contributed by atoms with Crippen LogP contribution in [0.3, 0.4) is 0 Å². The van der Waals surface area contributed by atoms with Crippen LogP contribution >= 0.6 is 46.4 Å². The van der Waals surface area contributed by atoms with Crippen LogP contribution in [0.1, 0.15) is 0 Å². The van der Waals surface area contributed by atoms with Gasteiger partial charge in [0.1, 0.15) is 0 Å². The number of alkyl halides is 4. The maximum atomic E-state index is 5.60. The van der Waals surface area contributed by atoms with Crippen molar-refractivity contribution >= 4 is 65.4 Å². The minimum Gasteiger partial charge on any atom is -0.110 e. The SMILES string of the molecule is ClC(Cl)[SiH2]CC=CC[SiH2]C(Cl)Cl. The average Bonchev–Trinajstić information content (AvgIpc) is 1.95. The largest absolute Gasteiger partial charge is 0.110 e. The molecule has 0 heterocycles. The fourth-order valence-electron chi connectivity index (χ4n) is 0.680. The van der Waals surface area contributed by atoms with Crippen LogP contribution in [-0.4, -0.2) is 28.0 Å². The molecule has 6 heteroatoms. The molecule has 0 saturated heterocycles. The number of hydrogen-bond donors (Lipinski definition) is 0. The summed E-state index contributed by atoms with van der Waals surface area (Å²) in [6.07, 6.45) is 4.29. The molecule has 0 saturated carbocycles. The molecular weight excluding hydrogens is 270 g/mol. The Kier molecular flexibility index (Phi) is 9.90. The van der Waals surface area contributed by atoms with E-state index in [-0.39, 0.29) is 28.0 Å². The smallest absolute Gasteiger partial charge is 0.0910 e. The highest BCUT2D eigenvalue weighted by Crippen LogP contribution is 2.04. The predicted molar refractivity (Wildman–Crippen MR) is 66.8 cm³/mol. The summed E-state index contributed by atoms with van der Waals surface area (Å²) in [5.74, 6) is 0. The van der Waals surface area contributed by atoms with Crippen LogP contribution in [-0.2, 0) is 0 Å². The Morgan fingerprint density at radius 2 is 1.17 bits per heavy atom. The highest BCUT2D eigenvalue weighted by atomic mass is 35.5. The van der Waals surface area contributed by atoms with E-state index in [0.717, 1.165) is 12.1 Å². The van der Waals surface area contributed by atoms with Crippen molar-refractivity contribution in [3.63, 3.8) is 0 Å². The number of hydrogen-bond acceptors (Lipinski definition) is 0. The van der Waals surface area contributed by atoms with Gasteiger partial charge in [-0.15, -0.1) is 46.4 Å². The molecule has 0 aliphatic heterocycles. The minimum atomic E-state index is -0.308. The molecule has 0 nitrogen and oxygen atoms in total. The zero-order valence-corrected chi connectivity index (χ0v) is 12.5. The monoisotopic (exact) mass is 280 g/mol. The lowest BCUT2D eigenvalue weighted by atomic mass is 10.6. The molecule has 0 atom stereocenters. The van der Waals surface area contributed by atoms with Crippen molar-refractivity contribution in [2.24, 2.45) is 0 Å². The third-order valence-electron chi connectivity index (χ3n) is 1.27. The van der Waals surface area contributed by atoms with Crippen molar-refractivity contribution in [1.29, 1.82) is 0 Å². The van der Waals surface area contributed by atoms with Gasteiger partial charge in [-0.3, -0.25) is 0 Å². The van der Waals surface area contributed by atoms with Crippen molar-refractivity contribution < 1.29 is 0 Å². The van der Waals surface area contributed by atoms with Gasteiger partial charge in [0.05, 0.1) is 28.0 Å². The van der Waals surface area contributed by atoms with Crippen molar-refractivity contribution in [1.82, 2.24) is 0 Å². The molecule has 0 N–H and O–H groups in total. The second kappa shape index (κ2) is 8.91. The Bertz CT molecular complexity index is 113. The molecule has 12 heavy (non-hydrogen) atoms. The van der Waals surface area contributed by atoms with Crippen LogP contribution < -0.4 is 0 Å². The van der Waals surface area contributed by atoms with Gasteiger partial charge in [0.2, 0.25) is 0 Å². The van der Waals surface area contributed by atoms with Gasteiger partial charge in [-0.25, -0.2) is 0 Å². The summed E-state index contributed by atoms with van der Waals surface area (Å²) in [6.45, 7) is 0. The topological polar surface area (TPSA) is 0 Å². The lowest BCUT2D eigenvalue weighted by Gasteiger charge is -1.95. The van der Waals surface area contributed by atoms with E-state index in [4.69, 9.17) is 46.4 Å². The lowest BCUT2D eigenvalue weighted by molar-refractivity contribution is 1.55. The lowest BCUT2D eigenvalue weighted by Crippen LogP contribution is -1.99. The molecular formula is C6H12Cl4Si2. The molecule has 0 fully saturated rings. The van der Waals surface area contributed by atoms with Gasteiger partial charge >= 0.3 is 0 Å². The molecule has 0 amide bonds. The first kappa shape index (κ1) is 13.3. The Morgan fingerprint density at radius 1 is 0.833 bits per heavy atom. The molecule has 0 spiro atoms. The fourth-order valence-corrected chi connectivity index (χ4v) is 3.55. The molecule has 72 valence electrons. The highest BCUT2D eigenvalue weighted by molar-refractivity contribution is 6.69. The van der Waals surface area contributed by atoms with Gasteiger partial charge in [0, 0.05) is 0 Å². The van der Waals surface area contributed by atoms with Crippen LogP contribution in [0.2, 0.25) is 12.1 Å². The van der Waals surface area contributed by atoms with E-state index in [0.29, 0.717) is 0 Å². The molecule has 0 aromatic heterocycles. The zero-order chi connectivity index (χ0) is 9.40.